The zero-order chi connectivity index (χ0) is 19.3. The van der Waals surface area contributed by atoms with Crippen LogP contribution in [0.5, 0.6) is 0 Å². The Morgan fingerprint density at radius 3 is 2.93 bits per heavy atom. The molecule has 0 amide bonds. The number of aliphatic hydroxyl groups excluding tert-OH is 1. The number of nitrogen functional groups attached to an aromatic ring is 1. The molecule has 5 atom stereocenters. The van der Waals surface area contributed by atoms with Gasteiger partial charge in [0.2, 0.25) is 5.95 Å². The molecule has 2 aromatic heterocycles. The molecule has 12 heteroatoms. The molecule has 0 bridgehead atoms. The van der Waals surface area contributed by atoms with Crippen LogP contribution < -0.4 is 11.1 Å². The van der Waals surface area contributed by atoms with Gasteiger partial charge in [-0.05, 0) is 19.8 Å². The van der Waals surface area contributed by atoms with Gasteiger partial charge in [0.25, 0.3) is 0 Å². The molecule has 4 rings (SSSR count). The Morgan fingerprint density at radius 2 is 2.26 bits per heavy atom. The van der Waals surface area contributed by atoms with E-state index in [1.54, 1.807) is 0 Å². The maximum atomic E-state index is 11.2. The average Bonchev–Trinajstić information content (AvgIpc) is 3.26. The van der Waals surface area contributed by atoms with E-state index in [2.05, 4.69) is 20.3 Å². The lowest BCUT2D eigenvalue weighted by molar-refractivity contribution is -0.0947. The van der Waals surface area contributed by atoms with Crippen molar-refractivity contribution in [2.75, 3.05) is 24.3 Å². The van der Waals surface area contributed by atoms with Crippen LogP contribution in [-0.2, 0) is 13.8 Å². The van der Waals surface area contributed by atoms with Crippen molar-refractivity contribution in [1.82, 2.24) is 19.5 Å². The van der Waals surface area contributed by atoms with E-state index >= 15 is 0 Å². The van der Waals surface area contributed by atoms with Crippen molar-refractivity contribution in [2.24, 2.45) is 0 Å². The van der Waals surface area contributed by atoms with Crippen molar-refractivity contribution in [2.45, 2.75) is 49.8 Å². The second-order valence-corrected chi connectivity index (χ2v) is 8.45. The number of anilines is 2. The van der Waals surface area contributed by atoms with Crippen molar-refractivity contribution >= 4 is 31.0 Å². The van der Waals surface area contributed by atoms with Crippen LogP contribution in [0, 0.1) is 0 Å². The average molecular weight is 398 g/mol. The van der Waals surface area contributed by atoms with E-state index in [9.17, 15) is 14.8 Å². The smallest absolute Gasteiger partial charge is 0.224 e. The molecule has 1 saturated carbocycles. The second kappa shape index (κ2) is 6.68. The summed E-state index contributed by atoms with van der Waals surface area (Å²) in [6.07, 6.45) is 0.508. The first-order chi connectivity index (χ1) is 12.8. The Bertz CT molecular complexity index is 885. The van der Waals surface area contributed by atoms with Crippen LogP contribution in [0.4, 0.5) is 11.8 Å². The molecule has 0 radical (unpaired) electrons. The normalized spacial score (nSPS) is 32.1. The molecule has 1 aliphatic carbocycles. The van der Waals surface area contributed by atoms with Gasteiger partial charge in [-0.2, -0.15) is 9.97 Å². The number of rotatable bonds is 6. The summed E-state index contributed by atoms with van der Waals surface area (Å²) in [5.74, 6) is 0.594. The standard InChI is InChI=1S/C15H23N6O5P/c1-15(23)10(22)8(5-25-27(2)24)26-13(15)21-6-17-9-11(18-7-3-4-7)19-14(16)20-12(9)21/h6-8,10,13,22-23,27H,3-5H2,1-2H3,(H3,16,18,19,20)/t8-,10?,13-,15-/m1/s1. The van der Waals surface area contributed by atoms with Gasteiger partial charge in [-0.25, -0.2) is 4.98 Å². The lowest BCUT2D eigenvalue weighted by Gasteiger charge is -2.27. The van der Waals surface area contributed by atoms with E-state index in [4.69, 9.17) is 15.0 Å². The Hall–Kier alpha value is -1.78. The maximum Gasteiger partial charge on any atom is 0.224 e. The summed E-state index contributed by atoms with van der Waals surface area (Å²) in [5, 5.41) is 24.6. The number of imidazole rings is 1. The summed E-state index contributed by atoms with van der Waals surface area (Å²) >= 11 is 0. The molecule has 148 valence electrons. The van der Waals surface area contributed by atoms with Crippen LogP contribution in [0.2, 0.25) is 0 Å². The molecule has 11 nitrogen and oxygen atoms in total. The van der Waals surface area contributed by atoms with E-state index in [1.165, 1.54) is 24.5 Å². The van der Waals surface area contributed by atoms with Crippen LogP contribution >= 0.6 is 8.03 Å². The van der Waals surface area contributed by atoms with E-state index < -0.39 is 32.1 Å². The SMILES string of the molecule is C[PH](=O)OC[C@H]1O[C@@H](n2cnc3c(NC4CC4)nc(N)nc32)[C@](C)(O)C1O. The number of hydrogen-bond acceptors (Lipinski definition) is 10. The third kappa shape index (κ3) is 3.41. The summed E-state index contributed by atoms with van der Waals surface area (Å²) < 4.78 is 23.7. The van der Waals surface area contributed by atoms with Gasteiger partial charge in [0, 0.05) is 12.7 Å². The molecular weight excluding hydrogens is 375 g/mol. The fourth-order valence-corrected chi connectivity index (χ4v) is 3.60. The quantitative estimate of drug-likeness (QED) is 0.492. The molecular formula is C15H23N6O5P. The van der Waals surface area contributed by atoms with Gasteiger partial charge in [-0.15, -0.1) is 0 Å². The van der Waals surface area contributed by atoms with Crippen LogP contribution in [-0.4, -0.2) is 66.9 Å². The predicted molar refractivity (Wildman–Crippen MR) is 97.8 cm³/mol. The highest BCUT2D eigenvalue weighted by molar-refractivity contribution is 7.38. The fraction of sp³-hybridized carbons (Fsp3) is 0.667. The molecule has 2 fully saturated rings. The van der Waals surface area contributed by atoms with E-state index in [1.807, 2.05) is 0 Å². The molecule has 2 aliphatic rings. The monoisotopic (exact) mass is 398 g/mol. The number of ether oxygens (including phenoxy) is 1. The number of fused-ring (bicyclic) bond motifs is 1. The van der Waals surface area contributed by atoms with Gasteiger partial charge in [0.05, 0.1) is 12.9 Å². The topological polar surface area (TPSA) is 158 Å². The van der Waals surface area contributed by atoms with Gasteiger partial charge >= 0.3 is 0 Å². The van der Waals surface area contributed by atoms with Crippen molar-refractivity contribution in [1.29, 1.82) is 0 Å². The van der Waals surface area contributed by atoms with Crippen molar-refractivity contribution in [3.8, 4) is 0 Å². The van der Waals surface area contributed by atoms with E-state index in [0.29, 0.717) is 23.0 Å². The van der Waals surface area contributed by atoms with Crippen molar-refractivity contribution < 1.29 is 24.0 Å². The molecule has 27 heavy (non-hydrogen) atoms. The predicted octanol–water partition coefficient (Wildman–Crippen LogP) is 0.113. The number of aromatic nitrogens is 4. The van der Waals surface area contributed by atoms with Crippen LogP contribution in [0.25, 0.3) is 11.2 Å². The minimum absolute atomic E-state index is 0.0649. The summed E-state index contributed by atoms with van der Waals surface area (Å²) in [7, 11) is -2.19. The summed E-state index contributed by atoms with van der Waals surface area (Å²) in [4.78, 5) is 12.8. The highest BCUT2D eigenvalue weighted by atomic mass is 31.1. The van der Waals surface area contributed by atoms with E-state index in [0.717, 1.165) is 12.8 Å². The Morgan fingerprint density at radius 1 is 1.52 bits per heavy atom. The minimum atomic E-state index is -2.19. The van der Waals surface area contributed by atoms with Crippen molar-refractivity contribution in [3.63, 3.8) is 0 Å². The summed E-state index contributed by atoms with van der Waals surface area (Å²) in [6.45, 7) is 2.80. The number of nitrogens with one attached hydrogen (secondary N) is 1. The number of nitrogens with two attached hydrogens (primary N) is 1. The number of aliphatic hydroxyl groups is 2. The van der Waals surface area contributed by atoms with Gasteiger partial charge in [-0.3, -0.25) is 9.13 Å². The van der Waals surface area contributed by atoms with Gasteiger partial charge in [-0.1, -0.05) is 0 Å². The minimum Gasteiger partial charge on any atom is -0.387 e. The lowest BCUT2D eigenvalue weighted by Crippen LogP contribution is -2.44. The fourth-order valence-electron chi connectivity index (χ4n) is 3.20. The number of hydrogen-bond donors (Lipinski definition) is 4. The molecule has 0 spiro atoms. The summed E-state index contributed by atoms with van der Waals surface area (Å²) in [6, 6.07) is 0.346. The van der Waals surface area contributed by atoms with Gasteiger partial charge in [0.1, 0.15) is 17.8 Å². The second-order valence-electron chi connectivity index (χ2n) is 7.17. The first kappa shape index (κ1) is 18.6. The third-order valence-electron chi connectivity index (χ3n) is 4.82. The Labute approximate surface area is 155 Å². The van der Waals surface area contributed by atoms with Crippen LogP contribution in [0.3, 0.4) is 0 Å². The highest BCUT2D eigenvalue weighted by Crippen LogP contribution is 2.41. The molecule has 2 unspecified atom stereocenters. The van der Waals surface area contributed by atoms with Gasteiger partial charge < -0.3 is 30.5 Å². The maximum absolute atomic E-state index is 11.2. The van der Waals surface area contributed by atoms with Crippen LogP contribution in [0.1, 0.15) is 26.0 Å². The molecule has 5 N–H and O–H groups in total. The molecule has 0 aromatic carbocycles. The largest absolute Gasteiger partial charge is 0.387 e. The first-order valence-corrected chi connectivity index (χ1v) is 10.5. The molecule has 2 aromatic rings. The van der Waals surface area contributed by atoms with Crippen LogP contribution in [0.15, 0.2) is 6.33 Å². The zero-order valence-electron chi connectivity index (χ0n) is 15.0. The third-order valence-corrected chi connectivity index (χ3v) is 5.39. The van der Waals surface area contributed by atoms with Crippen molar-refractivity contribution in [3.05, 3.63) is 6.33 Å². The zero-order valence-corrected chi connectivity index (χ0v) is 16.0. The Balaban J connectivity index is 1.68. The first-order valence-electron chi connectivity index (χ1n) is 8.73. The van der Waals surface area contributed by atoms with Gasteiger partial charge in [0.15, 0.2) is 31.2 Å². The van der Waals surface area contributed by atoms with E-state index in [-0.39, 0.29) is 12.6 Å². The molecule has 1 aliphatic heterocycles. The number of nitrogens with zero attached hydrogens (tertiary/aromatic N) is 4. The Kier molecular flexibility index (Phi) is 4.59. The highest BCUT2D eigenvalue weighted by Gasteiger charge is 2.53. The summed E-state index contributed by atoms with van der Waals surface area (Å²) in [5.41, 5.74) is 5.09. The molecule has 1 saturated heterocycles. The lowest BCUT2D eigenvalue weighted by atomic mass is 9.96. The molecule has 3 heterocycles.